The molecule has 0 aliphatic carbocycles. The fourth-order valence-corrected chi connectivity index (χ4v) is 3.26. The van der Waals surface area contributed by atoms with E-state index in [4.69, 9.17) is 9.97 Å². The van der Waals surface area contributed by atoms with Gasteiger partial charge in [0.1, 0.15) is 5.82 Å². The molecule has 0 radical (unpaired) electrons. The summed E-state index contributed by atoms with van der Waals surface area (Å²) in [6, 6.07) is 16.8. The summed E-state index contributed by atoms with van der Waals surface area (Å²) in [6.07, 6.45) is 0. The molecule has 0 bridgehead atoms. The quantitative estimate of drug-likeness (QED) is 0.571. The van der Waals surface area contributed by atoms with Gasteiger partial charge in [-0.15, -0.1) is 0 Å². The van der Waals surface area contributed by atoms with Gasteiger partial charge in [-0.2, -0.15) is 0 Å². The van der Waals surface area contributed by atoms with E-state index in [1.54, 1.807) is 0 Å². The summed E-state index contributed by atoms with van der Waals surface area (Å²) < 4.78 is 0. The molecule has 3 aromatic rings. The van der Waals surface area contributed by atoms with Crippen LogP contribution in [-0.4, -0.2) is 23.1 Å². The Morgan fingerprint density at radius 2 is 1.42 bits per heavy atom. The predicted octanol–water partition coefficient (Wildman–Crippen LogP) is 5.72. The maximum atomic E-state index is 5.02. The number of nitrogens with zero attached hydrogens (tertiary/aromatic N) is 3. The molecule has 1 heterocycles. The van der Waals surface area contributed by atoms with E-state index < -0.39 is 0 Å². The minimum Gasteiger partial charge on any atom is -0.355 e. The van der Waals surface area contributed by atoms with Crippen LogP contribution >= 0.6 is 0 Å². The summed E-state index contributed by atoms with van der Waals surface area (Å²) >= 11 is 0. The average molecular weight is 348 g/mol. The van der Waals surface area contributed by atoms with Gasteiger partial charge in [0.2, 0.25) is 0 Å². The first-order valence-corrected chi connectivity index (χ1v) is 9.53. The van der Waals surface area contributed by atoms with Gasteiger partial charge in [0.25, 0.3) is 0 Å². The van der Waals surface area contributed by atoms with Crippen molar-refractivity contribution in [3.05, 3.63) is 54.1 Å². The SMILES string of the molecule is Cc1ccc(-c2nc(N(CC(C)C)CC(C)C)c3ccccc3n2)cc1. The molecule has 0 spiro atoms. The van der Waals surface area contributed by atoms with Gasteiger partial charge >= 0.3 is 0 Å². The number of aryl methyl sites for hydroxylation is 1. The van der Waals surface area contributed by atoms with Crippen LogP contribution in [0.25, 0.3) is 22.3 Å². The monoisotopic (exact) mass is 347 g/mol. The minimum absolute atomic E-state index is 0.574. The van der Waals surface area contributed by atoms with E-state index in [1.807, 2.05) is 6.07 Å². The number of aromatic nitrogens is 2. The van der Waals surface area contributed by atoms with Gasteiger partial charge in [0.15, 0.2) is 5.82 Å². The Bertz CT molecular complexity index is 856. The highest BCUT2D eigenvalue weighted by Gasteiger charge is 2.17. The zero-order valence-corrected chi connectivity index (χ0v) is 16.5. The summed E-state index contributed by atoms with van der Waals surface area (Å²) in [6.45, 7) is 13.1. The molecule has 0 atom stereocenters. The van der Waals surface area contributed by atoms with Crippen LogP contribution < -0.4 is 4.90 Å². The maximum absolute atomic E-state index is 5.02. The number of rotatable bonds is 6. The van der Waals surface area contributed by atoms with Crippen LogP contribution in [0.5, 0.6) is 0 Å². The van der Waals surface area contributed by atoms with E-state index in [0.717, 1.165) is 41.2 Å². The topological polar surface area (TPSA) is 29.0 Å². The number of para-hydroxylation sites is 1. The summed E-state index contributed by atoms with van der Waals surface area (Å²) in [4.78, 5) is 12.3. The van der Waals surface area contributed by atoms with Crippen molar-refractivity contribution in [3.63, 3.8) is 0 Å². The zero-order chi connectivity index (χ0) is 18.7. The second kappa shape index (κ2) is 7.86. The van der Waals surface area contributed by atoms with E-state index in [1.165, 1.54) is 5.56 Å². The van der Waals surface area contributed by atoms with Gasteiger partial charge in [0, 0.05) is 24.0 Å². The van der Waals surface area contributed by atoms with E-state index in [0.29, 0.717) is 11.8 Å². The molecule has 0 amide bonds. The first-order valence-electron chi connectivity index (χ1n) is 9.53. The largest absolute Gasteiger partial charge is 0.355 e. The Hall–Kier alpha value is -2.42. The van der Waals surface area contributed by atoms with Crippen molar-refractivity contribution in [2.24, 2.45) is 11.8 Å². The van der Waals surface area contributed by atoms with Crippen molar-refractivity contribution < 1.29 is 0 Å². The molecule has 3 nitrogen and oxygen atoms in total. The fourth-order valence-electron chi connectivity index (χ4n) is 3.26. The lowest BCUT2D eigenvalue weighted by atomic mass is 10.1. The lowest BCUT2D eigenvalue weighted by molar-refractivity contribution is 0.550. The van der Waals surface area contributed by atoms with E-state index >= 15 is 0 Å². The molecule has 2 aromatic carbocycles. The molecule has 0 aliphatic heterocycles. The Labute approximate surface area is 157 Å². The van der Waals surface area contributed by atoms with Crippen LogP contribution in [0.4, 0.5) is 5.82 Å². The Morgan fingerprint density at radius 1 is 0.808 bits per heavy atom. The van der Waals surface area contributed by atoms with Crippen LogP contribution in [-0.2, 0) is 0 Å². The third kappa shape index (κ3) is 4.21. The van der Waals surface area contributed by atoms with Gasteiger partial charge in [-0.1, -0.05) is 69.7 Å². The number of fused-ring (bicyclic) bond motifs is 1. The second-order valence-electron chi connectivity index (χ2n) is 7.95. The molecular weight excluding hydrogens is 318 g/mol. The van der Waals surface area contributed by atoms with Crippen LogP contribution in [0.2, 0.25) is 0 Å². The first-order chi connectivity index (χ1) is 12.4. The second-order valence-corrected chi connectivity index (χ2v) is 7.95. The van der Waals surface area contributed by atoms with Gasteiger partial charge < -0.3 is 4.90 Å². The van der Waals surface area contributed by atoms with Crippen LogP contribution in [0.1, 0.15) is 33.3 Å². The highest BCUT2D eigenvalue weighted by molar-refractivity contribution is 5.91. The van der Waals surface area contributed by atoms with E-state index in [9.17, 15) is 0 Å². The van der Waals surface area contributed by atoms with Gasteiger partial charge in [-0.25, -0.2) is 9.97 Å². The molecule has 0 saturated heterocycles. The molecule has 0 N–H and O–H groups in total. The van der Waals surface area contributed by atoms with Gasteiger partial charge in [-0.05, 0) is 30.9 Å². The highest BCUT2D eigenvalue weighted by atomic mass is 15.2. The fraction of sp³-hybridized carbons (Fsp3) is 0.391. The van der Waals surface area contributed by atoms with Crippen LogP contribution in [0.15, 0.2) is 48.5 Å². The molecular formula is C23H29N3. The van der Waals surface area contributed by atoms with Crippen LogP contribution in [0.3, 0.4) is 0 Å². The predicted molar refractivity (Wildman–Crippen MR) is 112 cm³/mol. The lowest BCUT2D eigenvalue weighted by Crippen LogP contribution is -2.32. The van der Waals surface area contributed by atoms with Gasteiger partial charge in [0.05, 0.1) is 5.52 Å². The molecule has 3 heteroatoms. The number of hydrogen-bond acceptors (Lipinski definition) is 3. The third-order valence-corrected chi connectivity index (χ3v) is 4.36. The highest BCUT2D eigenvalue weighted by Crippen LogP contribution is 2.28. The standard InChI is InChI=1S/C23H29N3/c1-16(2)14-26(15-17(3)4)23-20-8-6-7-9-21(20)24-22(25-23)19-12-10-18(5)11-13-19/h6-13,16-17H,14-15H2,1-5H3. The summed E-state index contributed by atoms with van der Waals surface area (Å²) in [5.41, 5.74) is 3.32. The maximum Gasteiger partial charge on any atom is 0.162 e. The van der Waals surface area contributed by atoms with Gasteiger partial charge in [-0.3, -0.25) is 0 Å². The van der Waals surface area contributed by atoms with Crippen molar-refractivity contribution in [3.8, 4) is 11.4 Å². The number of hydrogen-bond donors (Lipinski definition) is 0. The first kappa shape index (κ1) is 18.4. The summed E-state index contributed by atoms with van der Waals surface area (Å²) in [5, 5.41) is 1.13. The van der Waals surface area contributed by atoms with E-state index in [-0.39, 0.29) is 0 Å². The summed E-state index contributed by atoms with van der Waals surface area (Å²) in [5.74, 6) is 3.00. The normalized spacial score (nSPS) is 11.5. The molecule has 0 saturated carbocycles. The Kier molecular flexibility index (Phi) is 5.55. The van der Waals surface area contributed by atoms with Crippen molar-refractivity contribution in [1.82, 2.24) is 9.97 Å². The molecule has 0 fully saturated rings. The lowest BCUT2D eigenvalue weighted by Gasteiger charge is -2.28. The Balaban J connectivity index is 2.16. The van der Waals surface area contributed by atoms with E-state index in [2.05, 4.69) is 82.0 Å². The van der Waals surface area contributed by atoms with Crippen LogP contribution in [0, 0.1) is 18.8 Å². The zero-order valence-electron chi connectivity index (χ0n) is 16.5. The third-order valence-electron chi connectivity index (χ3n) is 4.36. The number of benzene rings is 2. The molecule has 136 valence electrons. The average Bonchev–Trinajstić information content (AvgIpc) is 2.60. The molecule has 0 unspecified atom stereocenters. The molecule has 0 aliphatic rings. The Morgan fingerprint density at radius 3 is 2.04 bits per heavy atom. The number of anilines is 1. The van der Waals surface area contributed by atoms with Crippen molar-refractivity contribution >= 4 is 16.7 Å². The molecule has 3 rings (SSSR count). The van der Waals surface area contributed by atoms with Crippen molar-refractivity contribution in [1.29, 1.82) is 0 Å². The van der Waals surface area contributed by atoms with Crippen molar-refractivity contribution in [2.45, 2.75) is 34.6 Å². The minimum atomic E-state index is 0.574. The molecule has 1 aromatic heterocycles. The summed E-state index contributed by atoms with van der Waals surface area (Å²) in [7, 11) is 0. The molecule has 26 heavy (non-hydrogen) atoms. The van der Waals surface area contributed by atoms with Crippen molar-refractivity contribution in [2.75, 3.05) is 18.0 Å². The smallest absolute Gasteiger partial charge is 0.162 e.